The first-order chi connectivity index (χ1) is 16.3. The summed E-state index contributed by atoms with van der Waals surface area (Å²) in [7, 11) is 0.793. The van der Waals surface area contributed by atoms with Crippen LogP contribution in [0.1, 0.15) is 46.2 Å². The zero-order valence-electron chi connectivity index (χ0n) is 18.5. The fraction of sp³-hybridized carbons (Fsp3) is 0.455. The molecule has 1 aliphatic heterocycles. The predicted molar refractivity (Wildman–Crippen MR) is 109 cm³/mol. The molecule has 0 amide bonds. The first kappa shape index (κ1) is 31.0. The molecule has 0 bridgehead atoms. The molecule has 37 heavy (non-hydrogen) atoms. The molecule has 2 aromatic carbocycles. The second-order valence-corrected chi connectivity index (χ2v) is 8.18. The molecule has 1 heterocycles. The van der Waals surface area contributed by atoms with Crippen LogP contribution < -0.4 is 5.32 Å². The minimum Gasteiger partial charge on any atom is -0.367 e. The molecule has 208 valence electrons. The number of ether oxygens (including phenoxy) is 1. The average molecular weight is 576 g/mol. The second kappa shape index (κ2) is 10.2. The Hall–Kier alpha value is -2.19. The first-order valence-electron chi connectivity index (χ1n) is 10.2. The molecule has 2 aromatic rings. The van der Waals surface area contributed by atoms with Gasteiger partial charge in [-0.25, -0.2) is 0 Å². The third kappa shape index (κ3) is 6.28. The van der Waals surface area contributed by atoms with Crippen LogP contribution >= 0.6 is 12.4 Å². The van der Waals surface area contributed by atoms with Crippen molar-refractivity contribution in [2.45, 2.75) is 49.2 Å². The van der Waals surface area contributed by atoms with Gasteiger partial charge in [0.1, 0.15) is 5.60 Å². The molecule has 1 saturated heterocycles. The number of methoxy groups -OCH3 is 1. The SMILES string of the molecule is COC(c1cc(C(F)(F)F)cc(C(F)(F)F)c1)(c1cc(C(F)(F)F)cc(C(F)(F)F)c1)C1CCCN1.Cl. The molecule has 1 atom stereocenters. The second-order valence-electron chi connectivity index (χ2n) is 8.18. The zero-order chi connectivity index (χ0) is 27.3. The van der Waals surface area contributed by atoms with Crippen LogP contribution in [0.4, 0.5) is 52.7 Å². The van der Waals surface area contributed by atoms with E-state index in [9.17, 15) is 52.7 Å². The van der Waals surface area contributed by atoms with E-state index in [-0.39, 0.29) is 68.2 Å². The van der Waals surface area contributed by atoms with Gasteiger partial charge in [0.05, 0.1) is 22.3 Å². The lowest BCUT2D eigenvalue weighted by atomic mass is 9.77. The summed E-state index contributed by atoms with van der Waals surface area (Å²) in [6, 6.07) is -0.674. The quantitative estimate of drug-likeness (QED) is 0.375. The highest BCUT2D eigenvalue weighted by Gasteiger charge is 2.49. The molecule has 3 rings (SSSR count). The molecule has 0 aromatic heterocycles. The molecule has 0 radical (unpaired) electrons. The molecular weight excluding hydrogens is 558 g/mol. The van der Waals surface area contributed by atoms with Gasteiger partial charge in [-0.15, -0.1) is 12.4 Å². The number of hydrogen-bond acceptors (Lipinski definition) is 2. The number of nitrogens with one attached hydrogen (secondary N) is 1. The third-order valence-corrected chi connectivity index (χ3v) is 5.91. The average Bonchev–Trinajstić information content (AvgIpc) is 3.27. The molecular formula is C22H18ClF12NO. The normalized spacial score (nSPS) is 17.6. The van der Waals surface area contributed by atoms with E-state index in [0.717, 1.165) is 7.11 Å². The Morgan fingerprint density at radius 1 is 0.595 bits per heavy atom. The number of alkyl halides is 12. The van der Waals surface area contributed by atoms with E-state index in [0.29, 0.717) is 0 Å². The molecule has 1 unspecified atom stereocenters. The van der Waals surface area contributed by atoms with Gasteiger partial charge in [-0.2, -0.15) is 52.7 Å². The number of hydrogen-bond donors (Lipinski definition) is 1. The third-order valence-electron chi connectivity index (χ3n) is 5.91. The summed E-state index contributed by atoms with van der Waals surface area (Å²) < 4.78 is 168. The topological polar surface area (TPSA) is 21.3 Å². The molecule has 1 fully saturated rings. The smallest absolute Gasteiger partial charge is 0.367 e. The van der Waals surface area contributed by atoms with Crippen molar-refractivity contribution in [1.82, 2.24) is 5.32 Å². The fourth-order valence-corrected chi connectivity index (χ4v) is 4.32. The van der Waals surface area contributed by atoms with Crippen molar-refractivity contribution in [3.63, 3.8) is 0 Å². The number of benzene rings is 2. The first-order valence-corrected chi connectivity index (χ1v) is 10.2. The van der Waals surface area contributed by atoms with Crippen LogP contribution in [0, 0.1) is 0 Å². The number of halogens is 13. The highest BCUT2D eigenvalue weighted by molar-refractivity contribution is 5.85. The van der Waals surface area contributed by atoms with Gasteiger partial charge in [-0.3, -0.25) is 0 Å². The Labute approximate surface area is 208 Å². The Kier molecular flexibility index (Phi) is 8.53. The van der Waals surface area contributed by atoms with Crippen molar-refractivity contribution in [2.75, 3.05) is 13.7 Å². The minimum absolute atomic E-state index is 0. The van der Waals surface area contributed by atoms with Gasteiger partial charge in [-0.05, 0) is 66.9 Å². The van der Waals surface area contributed by atoms with Gasteiger partial charge in [-0.1, -0.05) is 0 Å². The van der Waals surface area contributed by atoms with Crippen LogP contribution in [-0.4, -0.2) is 19.7 Å². The summed E-state index contributed by atoms with van der Waals surface area (Å²) in [5, 5.41) is 2.73. The van der Waals surface area contributed by atoms with Crippen molar-refractivity contribution in [1.29, 1.82) is 0 Å². The van der Waals surface area contributed by atoms with Crippen molar-refractivity contribution in [3.05, 3.63) is 69.8 Å². The van der Waals surface area contributed by atoms with Gasteiger partial charge >= 0.3 is 24.7 Å². The summed E-state index contributed by atoms with van der Waals surface area (Å²) >= 11 is 0. The Morgan fingerprint density at radius 3 is 1.11 bits per heavy atom. The lowest BCUT2D eigenvalue weighted by Gasteiger charge is -2.40. The summed E-state index contributed by atoms with van der Waals surface area (Å²) in [6.07, 6.45) is -21.0. The van der Waals surface area contributed by atoms with Crippen LogP contribution in [0.3, 0.4) is 0 Å². The van der Waals surface area contributed by atoms with Crippen LogP contribution in [0.5, 0.6) is 0 Å². The molecule has 0 aliphatic carbocycles. The predicted octanol–water partition coefficient (Wildman–Crippen LogP) is 7.83. The van der Waals surface area contributed by atoms with E-state index in [1.165, 1.54) is 0 Å². The van der Waals surface area contributed by atoms with E-state index in [2.05, 4.69) is 5.32 Å². The highest BCUT2D eigenvalue weighted by atomic mass is 35.5. The molecule has 0 saturated carbocycles. The Bertz CT molecular complexity index is 959. The van der Waals surface area contributed by atoms with E-state index < -0.39 is 69.7 Å². The monoisotopic (exact) mass is 575 g/mol. The van der Waals surface area contributed by atoms with Gasteiger partial charge in [0.15, 0.2) is 0 Å². The molecule has 2 nitrogen and oxygen atoms in total. The van der Waals surface area contributed by atoms with Gasteiger partial charge in [0.25, 0.3) is 0 Å². The summed E-state index contributed by atoms with van der Waals surface area (Å²) in [6.45, 7) is 0.145. The van der Waals surface area contributed by atoms with E-state index in [1.54, 1.807) is 0 Å². The summed E-state index contributed by atoms with van der Waals surface area (Å²) in [5.41, 5.74) is -11.6. The van der Waals surface area contributed by atoms with Gasteiger partial charge < -0.3 is 10.1 Å². The minimum atomic E-state index is -5.32. The Morgan fingerprint density at radius 2 is 0.892 bits per heavy atom. The molecule has 0 spiro atoms. The van der Waals surface area contributed by atoms with Crippen molar-refractivity contribution in [2.24, 2.45) is 0 Å². The standard InChI is InChI=1S/C22H17F12NO.ClH/c1-36-18(17-3-2-4-35-17,11-5-13(19(23,24)25)9-14(6-11)20(26,27)28)12-7-15(21(29,30)31)10-16(8-12)22(32,33)34;/h5-10,17,35H,2-4H2,1H3;1H. The summed E-state index contributed by atoms with van der Waals surface area (Å²) in [5.74, 6) is 0. The van der Waals surface area contributed by atoms with E-state index >= 15 is 0 Å². The zero-order valence-corrected chi connectivity index (χ0v) is 19.3. The lowest BCUT2D eigenvalue weighted by molar-refractivity contribution is -0.144. The maximum absolute atomic E-state index is 13.5. The largest absolute Gasteiger partial charge is 0.416 e. The maximum atomic E-state index is 13.5. The fourth-order valence-electron chi connectivity index (χ4n) is 4.32. The van der Waals surface area contributed by atoms with Crippen molar-refractivity contribution >= 4 is 12.4 Å². The molecule has 1 aliphatic rings. The van der Waals surface area contributed by atoms with Gasteiger partial charge in [0, 0.05) is 13.2 Å². The van der Waals surface area contributed by atoms with Crippen molar-refractivity contribution in [3.8, 4) is 0 Å². The summed E-state index contributed by atoms with van der Waals surface area (Å²) in [4.78, 5) is 0. The maximum Gasteiger partial charge on any atom is 0.416 e. The van der Waals surface area contributed by atoms with Crippen molar-refractivity contribution < 1.29 is 57.4 Å². The van der Waals surface area contributed by atoms with E-state index in [4.69, 9.17) is 4.74 Å². The van der Waals surface area contributed by atoms with Crippen LogP contribution in [0.15, 0.2) is 36.4 Å². The number of rotatable bonds is 4. The Balaban J connectivity index is 0.00000481. The molecule has 15 heteroatoms. The highest BCUT2D eigenvalue weighted by Crippen LogP contribution is 2.47. The lowest BCUT2D eigenvalue weighted by Crippen LogP contribution is -2.48. The van der Waals surface area contributed by atoms with Crippen LogP contribution in [0.25, 0.3) is 0 Å². The molecule has 1 N–H and O–H groups in total. The van der Waals surface area contributed by atoms with Gasteiger partial charge in [0.2, 0.25) is 0 Å². The van der Waals surface area contributed by atoms with Crippen LogP contribution in [-0.2, 0) is 35.0 Å². The van der Waals surface area contributed by atoms with E-state index in [1.807, 2.05) is 0 Å². The van der Waals surface area contributed by atoms with Crippen LogP contribution in [0.2, 0.25) is 0 Å².